The van der Waals surface area contributed by atoms with Gasteiger partial charge in [-0.15, -0.1) is 11.3 Å². The van der Waals surface area contributed by atoms with E-state index in [4.69, 9.17) is 4.74 Å². The fourth-order valence-corrected chi connectivity index (χ4v) is 3.98. The van der Waals surface area contributed by atoms with Crippen LogP contribution in [0.2, 0.25) is 0 Å². The molecular weight excluding hydrogens is 298 g/mol. The number of piperidine rings is 1. The summed E-state index contributed by atoms with van der Waals surface area (Å²) < 4.78 is 5.08. The van der Waals surface area contributed by atoms with Crippen molar-refractivity contribution in [3.63, 3.8) is 0 Å². The lowest BCUT2D eigenvalue weighted by atomic mass is 10.0. The number of ether oxygens (including phenoxy) is 1. The van der Waals surface area contributed by atoms with Crippen molar-refractivity contribution in [2.75, 3.05) is 19.7 Å². The van der Waals surface area contributed by atoms with E-state index in [-0.39, 0.29) is 6.09 Å². The molecule has 1 aromatic rings. The molecule has 1 aliphatic carbocycles. The minimum atomic E-state index is -0.171. The van der Waals surface area contributed by atoms with Crippen LogP contribution < -0.4 is 5.32 Å². The standard InChI is InChI=1S/C16H25N3O2S/c1-3-21-16(20)19-8-6-13(7-9-19)18-14(12-4-5-12)15-17-10-11(2)22-15/h10,12-14,18H,3-9H2,1-2H3. The monoisotopic (exact) mass is 323 g/mol. The predicted octanol–water partition coefficient (Wildman–Crippen LogP) is 3.11. The molecule has 1 N–H and O–H groups in total. The molecule has 1 amide bonds. The number of aryl methyl sites for hydroxylation is 1. The largest absolute Gasteiger partial charge is 0.450 e. The molecule has 2 fully saturated rings. The second-order valence-corrected chi connectivity index (χ2v) is 7.52. The zero-order chi connectivity index (χ0) is 15.5. The zero-order valence-electron chi connectivity index (χ0n) is 13.4. The topological polar surface area (TPSA) is 54.5 Å². The fourth-order valence-electron chi connectivity index (χ4n) is 3.05. The molecule has 5 nitrogen and oxygen atoms in total. The van der Waals surface area contributed by atoms with Crippen molar-refractivity contribution in [1.29, 1.82) is 0 Å². The normalized spacial score (nSPS) is 20.9. The highest BCUT2D eigenvalue weighted by Gasteiger charge is 2.36. The van der Waals surface area contributed by atoms with Gasteiger partial charge in [-0.3, -0.25) is 0 Å². The number of likely N-dealkylation sites (tertiary alicyclic amines) is 1. The van der Waals surface area contributed by atoms with Crippen molar-refractivity contribution in [2.45, 2.75) is 51.6 Å². The van der Waals surface area contributed by atoms with Gasteiger partial charge in [-0.05, 0) is 45.4 Å². The molecule has 6 heteroatoms. The van der Waals surface area contributed by atoms with Gasteiger partial charge in [0.1, 0.15) is 5.01 Å². The first-order valence-corrected chi connectivity index (χ1v) is 9.09. The number of nitrogens with zero attached hydrogens (tertiary/aromatic N) is 2. The Balaban J connectivity index is 1.53. The van der Waals surface area contributed by atoms with Crippen LogP contribution in [0.5, 0.6) is 0 Å². The maximum absolute atomic E-state index is 11.7. The summed E-state index contributed by atoms with van der Waals surface area (Å²) in [5.74, 6) is 0.744. The Kier molecular flexibility index (Phi) is 4.98. The molecule has 1 saturated carbocycles. The summed E-state index contributed by atoms with van der Waals surface area (Å²) in [6, 6.07) is 0.873. The van der Waals surface area contributed by atoms with E-state index >= 15 is 0 Å². The van der Waals surface area contributed by atoms with Gasteiger partial charge < -0.3 is 15.0 Å². The van der Waals surface area contributed by atoms with E-state index in [2.05, 4.69) is 17.2 Å². The van der Waals surface area contributed by atoms with Gasteiger partial charge in [0.05, 0.1) is 12.6 Å². The van der Waals surface area contributed by atoms with E-state index in [9.17, 15) is 4.79 Å². The van der Waals surface area contributed by atoms with Crippen LogP contribution in [0, 0.1) is 12.8 Å². The summed E-state index contributed by atoms with van der Waals surface area (Å²) >= 11 is 1.81. The van der Waals surface area contributed by atoms with Gasteiger partial charge >= 0.3 is 6.09 Å². The highest BCUT2D eigenvalue weighted by Crippen LogP contribution is 2.42. The SMILES string of the molecule is CCOC(=O)N1CCC(NC(c2ncc(C)s2)C2CC2)CC1. The van der Waals surface area contributed by atoms with Crippen LogP contribution in [-0.2, 0) is 4.74 Å². The third kappa shape index (κ3) is 3.79. The van der Waals surface area contributed by atoms with Crippen molar-refractivity contribution >= 4 is 17.4 Å². The van der Waals surface area contributed by atoms with Gasteiger partial charge in [0, 0.05) is 30.2 Å². The van der Waals surface area contributed by atoms with Crippen molar-refractivity contribution in [2.24, 2.45) is 5.92 Å². The van der Waals surface area contributed by atoms with Gasteiger partial charge in [-0.25, -0.2) is 9.78 Å². The lowest BCUT2D eigenvalue weighted by molar-refractivity contribution is 0.0938. The molecule has 1 aromatic heterocycles. The van der Waals surface area contributed by atoms with Crippen molar-refractivity contribution in [1.82, 2.24) is 15.2 Å². The van der Waals surface area contributed by atoms with E-state index in [0.717, 1.165) is 31.8 Å². The number of rotatable bonds is 5. The van der Waals surface area contributed by atoms with Crippen LogP contribution >= 0.6 is 11.3 Å². The summed E-state index contributed by atoms with van der Waals surface area (Å²) in [7, 11) is 0. The quantitative estimate of drug-likeness (QED) is 0.904. The molecule has 2 heterocycles. The lowest BCUT2D eigenvalue weighted by Gasteiger charge is -2.33. The number of carbonyl (C=O) groups is 1. The minimum absolute atomic E-state index is 0.171. The summed E-state index contributed by atoms with van der Waals surface area (Å²) in [6.45, 7) is 5.98. The van der Waals surface area contributed by atoms with Crippen molar-refractivity contribution in [3.8, 4) is 0 Å². The van der Waals surface area contributed by atoms with Crippen molar-refractivity contribution < 1.29 is 9.53 Å². The summed E-state index contributed by atoms with van der Waals surface area (Å²) in [4.78, 5) is 19.4. The highest BCUT2D eigenvalue weighted by molar-refractivity contribution is 7.11. The second kappa shape index (κ2) is 6.96. The molecule has 0 radical (unpaired) electrons. The number of nitrogens with one attached hydrogen (secondary N) is 1. The smallest absolute Gasteiger partial charge is 0.409 e. The van der Waals surface area contributed by atoms with Crippen LogP contribution in [0.1, 0.15) is 48.5 Å². The third-order valence-electron chi connectivity index (χ3n) is 4.43. The molecule has 0 aromatic carbocycles. The number of amides is 1. The van der Waals surface area contributed by atoms with Gasteiger partial charge in [-0.1, -0.05) is 0 Å². The van der Waals surface area contributed by atoms with Crippen LogP contribution in [0.25, 0.3) is 0 Å². The Morgan fingerprint density at radius 1 is 1.45 bits per heavy atom. The molecule has 0 bridgehead atoms. The first kappa shape index (κ1) is 15.7. The van der Waals surface area contributed by atoms with Crippen molar-refractivity contribution in [3.05, 3.63) is 16.1 Å². The summed E-state index contributed by atoms with van der Waals surface area (Å²) in [6.07, 6.45) is 6.39. The molecular formula is C16H25N3O2S. The van der Waals surface area contributed by atoms with Crippen LogP contribution in [-0.4, -0.2) is 41.7 Å². The first-order valence-electron chi connectivity index (χ1n) is 8.27. The molecule has 3 rings (SSSR count). The Bertz CT molecular complexity index is 507. The molecule has 1 saturated heterocycles. The van der Waals surface area contributed by atoms with Gasteiger partial charge in [0.15, 0.2) is 0 Å². The second-order valence-electron chi connectivity index (χ2n) is 6.25. The number of hydrogen-bond acceptors (Lipinski definition) is 5. The number of carbonyl (C=O) groups excluding carboxylic acids is 1. The Morgan fingerprint density at radius 2 is 2.18 bits per heavy atom. The zero-order valence-corrected chi connectivity index (χ0v) is 14.2. The van der Waals surface area contributed by atoms with E-state index in [1.807, 2.05) is 18.0 Å². The number of aromatic nitrogens is 1. The highest BCUT2D eigenvalue weighted by atomic mass is 32.1. The molecule has 1 aliphatic heterocycles. The molecule has 1 unspecified atom stereocenters. The molecule has 0 spiro atoms. The average Bonchev–Trinajstić information content (AvgIpc) is 3.27. The van der Waals surface area contributed by atoms with Gasteiger partial charge in [0.2, 0.25) is 0 Å². The maximum atomic E-state index is 11.7. The predicted molar refractivity (Wildman–Crippen MR) is 87.1 cm³/mol. The fraction of sp³-hybridized carbons (Fsp3) is 0.750. The van der Waals surface area contributed by atoms with Crippen LogP contribution in [0.3, 0.4) is 0 Å². The molecule has 2 aliphatic rings. The van der Waals surface area contributed by atoms with Gasteiger partial charge in [-0.2, -0.15) is 0 Å². The Hall–Kier alpha value is -1.14. The van der Waals surface area contributed by atoms with E-state index in [1.165, 1.54) is 22.7 Å². The van der Waals surface area contributed by atoms with Crippen LogP contribution in [0.15, 0.2) is 6.20 Å². The average molecular weight is 323 g/mol. The molecule has 122 valence electrons. The Morgan fingerprint density at radius 3 is 2.73 bits per heavy atom. The van der Waals surface area contributed by atoms with Crippen LogP contribution in [0.4, 0.5) is 4.79 Å². The van der Waals surface area contributed by atoms with E-state index in [0.29, 0.717) is 18.7 Å². The van der Waals surface area contributed by atoms with E-state index in [1.54, 1.807) is 11.3 Å². The maximum Gasteiger partial charge on any atom is 0.409 e. The first-order chi connectivity index (χ1) is 10.7. The summed E-state index contributed by atoms with van der Waals surface area (Å²) in [5, 5.41) is 5.04. The lowest BCUT2D eigenvalue weighted by Crippen LogP contribution is -2.46. The summed E-state index contributed by atoms with van der Waals surface area (Å²) in [5.41, 5.74) is 0. The van der Waals surface area contributed by atoms with E-state index < -0.39 is 0 Å². The molecule has 1 atom stereocenters. The molecule has 22 heavy (non-hydrogen) atoms. The number of thiazole rings is 1. The third-order valence-corrected chi connectivity index (χ3v) is 5.43. The van der Waals surface area contributed by atoms with Gasteiger partial charge in [0.25, 0.3) is 0 Å². The minimum Gasteiger partial charge on any atom is -0.450 e. The Labute approximate surface area is 136 Å². The number of hydrogen-bond donors (Lipinski definition) is 1.